The average molecular weight is 398 g/mol. The second kappa shape index (κ2) is 8.79. The molecule has 2 heterocycles. The largest absolute Gasteiger partial charge is 0.464 e. The van der Waals surface area contributed by atoms with Gasteiger partial charge in [-0.15, -0.1) is 0 Å². The fourth-order valence-electron chi connectivity index (χ4n) is 2.61. The Morgan fingerprint density at radius 3 is 2.57 bits per heavy atom. The van der Waals surface area contributed by atoms with Gasteiger partial charge in [0.15, 0.2) is 5.16 Å². The van der Waals surface area contributed by atoms with E-state index in [0.29, 0.717) is 17.8 Å². The quantitative estimate of drug-likeness (QED) is 0.618. The molecule has 3 rings (SSSR count). The van der Waals surface area contributed by atoms with E-state index in [9.17, 15) is 9.59 Å². The fraction of sp³-hybridized carbons (Fsp3) is 0.250. The molecule has 0 atom stereocenters. The number of hydrogen-bond acceptors (Lipinski definition) is 5. The van der Waals surface area contributed by atoms with Crippen LogP contribution in [0.2, 0.25) is 0 Å². The number of anilines is 1. The highest BCUT2D eigenvalue weighted by molar-refractivity contribution is 7.99. The lowest BCUT2D eigenvalue weighted by molar-refractivity contribution is -0.113. The molecule has 2 aromatic heterocycles. The summed E-state index contributed by atoms with van der Waals surface area (Å²) in [5.74, 6) is 1.57. The van der Waals surface area contributed by atoms with Gasteiger partial charge < -0.3 is 19.2 Å². The number of aromatic nitrogens is 2. The van der Waals surface area contributed by atoms with Crippen molar-refractivity contribution in [2.75, 3.05) is 18.1 Å². The zero-order chi connectivity index (χ0) is 20.1. The van der Waals surface area contributed by atoms with E-state index in [0.717, 1.165) is 16.7 Å². The minimum absolute atomic E-state index is 0.114. The van der Waals surface area contributed by atoms with Crippen molar-refractivity contribution in [2.24, 2.45) is 7.05 Å². The summed E-state index contributed by atoms with van der Waals surface area (Å²) in [5.41, 5.74) is 1.19. The molecule has 3 aromatic rings. The first kappa shape index (κ1) is 19.8. The van der Waals surface area contributed by atoms with Gasteiger partial charge in [-0.25, -0.2) is 4.98 Å². The van der Waals surface area contributed by atoms with Crippen molar-refractivity contribution in [3.63, 3.8) is 0 Å². The monoisotopic (exact) mass is 398 g/mol. The summed E-state index contributed by atoms with van der Waals surface area (Å²) in [4.78, 5) is 30.4. The molecule has 2 amide bonds. The molecule has 0 aliphatic heterocycles. The van der Waals surface area contributed by atoms with Crippen LogP contribution in [0.3, 0.4) is 0 Å². The van der Waals surface area contributed by atoms with Crippen LogP contribution < -0.4 is 5.32 Å². The maximum Gasteiger partial charge on any atom is 0.254 e. The molecule has 146 valence electrons. The standard InChI is InChI=1S/C20H22N4O3S/c1-14-4-9-17(27-14)12-24(3)19(26)15-5-7-16(8-6-15)22-18(25)13-28-20-21-10-11-23(20)2/h4-11H,12-13H2,1-3H3,(H,22,25). The molecule has 0 bridgehead atoms. The van der Waals surface area contributed by atoms with E-state index in [1.54, 1.807) is 42.4 Å². The number of carbonyl (C=O) groups excluding carboxylic acids is 2. The Balaban J connectivity index is 1.52. The molecule has 0 radical (unpaired) electrons. The first-order valence-corrected chi connectivity index (χ1v) is 9.72. The summed E-state index contributed by atoms with van der Waals surface area (Å²) in [5, 5.41) is 3.61. The number of benzene rings is 1. The molecule has 8 heteroatoms. The molecule has 0 spiro atoms. The Bertz CT molecular complexity index is 962. The second-order valence-electron chi connectivity index (χ2n) is 6.41. The summed E-state index contributed by atoms with van der Waals surface area (Å²) in [6, 6.07) is 10.6. The highest BCUT2D eigenvalue weighted by atomic mass is 32.2. The van der Waals surface area contributed by atoms with Gasteiger partial charge >= 0.3 is 0 Å². The number of rotatable bonds is 7. The maximum absolute atomic E-state index is 12.5. The van der Waals surface area contributed by atoms with Crippen molar-refractivity contribution < 1.29 is 14.0 Å². The van der Waals surface area contributed by atoms with Crippen molar-refractivity contribution in [3.8, 4) is 0 Å². The van der Waals surface area contributed by atoms with Crippen molar-refractivity contribution in [3.05, 3.63) is 65.9 Å². The van der Waals surface area contributed by atoms with Crippen molar-refractivity contribution in [1.29, 1.82) is 0 Å². The van der Waals surface area contributed by atoms with Crippen LogP contribution in [0.4, 0.5) is 5.69 Å². The smallest absolute Gasteiger partial charge is 0.254 e. The minimum Gasteiger partial charge on any atom is -0.464 e. The highest BCUT2D eigenvalue weighted by Gasteiger charge is 2.14. The first-order valence-electron chi connectivity index (χ1n) is 8.73. The van der Waals surface area contributed by atoms with Crippen molar-refractivity contribution >= 4 is 29.3 Å². The maximum atomic E-state index is 12.5. The van der Waals surface area contributed by atoms with E-state index in [1.165, 1.54) is 11.8 Å². The molecular weight excluding hydrogens is 376 g/mol. The Hall–Kier alpha value is -3.00. The van der Waals surface area contributed by atoms with Crippen LogP contribution in [-0.2, 0) is 18.4 Å². The summed E-state index contributed by atoms with van der Waals surface area (Å²) >= 11 is 1.37. The lowest BCUT2D eigenvalue weighted by Crippen LogP contribution is -2.26. The number of carbonyl (C=O) groups is 2. The van der Waals surface area contributed by atoms with E-state index in [1.807, 2.05) is 36.9 Å². The van der Waals surface area contributed by atoms with Gasteiger partial charge in [-0.05, 0) is 43.3 Å². The summed E-state index contributed by atoms with van der Waals surface area (Å²) < 4.78 is 7.37. The number of hydrogen-bond donors (Lipinski definition) is 1. The second-order valence-corrected chi connectivity index (χ2v) is 7.35. The van der Waals surface area contributed by atoms with Gasteiger partial charge in [0.2, 0.25) is 5.91 Å². The minimum atomic E-state index is -0.127. The summed E-state index contributed by atoms with van der Waals surface area (Å²) in [7, 11) is 3.61. The van der Waals surface area contributed by atoms with Crippen LogP contribution in [-0.4, -0.2) is 39.1 Å². The number of nitrogens with one attached hydrogen (secondary N) is 1. The average Bonchev–Trinajstić information content (AvgIpc) is 3.27. The van der Waals surface area contributed by atoms with Gasteiger partial charge in [0, 0.05) is 37.7 Å². The number of nitrogens with zero attached hydrogens (tertiary/aromatic N) is 3. The van der Waals surface area contributed by atoms with Crippen LogP contribution in [0.15, 0.2) is 58.4 Å². The van der Waals surface area contributed by atoms with E-state index in [4.69, 9.17) is 4.42 Å². The van der Waals surface area contributed by atoms with Crippen molar-refractivity contribution in [1.82, 2.24) is 14.5 Å². The van der Waals surface area contributed by atoms with Crippen LogP contribution in [0.5, 0.6) is 0 Å². The Morgan fingerprint density at radius 2 is 1.96 bits per heavy atom. The SMILES string of the molecule is Cc1ccc(CN(C)C(=O)c2ccc(NC(=O)CSc3nccn3C)cc2)o1. The van der Waals surface area contributed by atoms with E-state index in [2.05, 4.69) is 10.3 Å². The normalized spacial score (nSPS) is 10.7. The van der Waals surface area contributed by atoms with E-state index in [-0.39, 0.29) is 17.6 Å². The lowest BCUT2D eigenvalue weighted by Gasteiger charge is -2.16. The third-order valence-electron chi connectivity index (χ3n) is 4.06. The van der Waals surface area contributed by atoms with Crippen LogP contribution >= 0.6 is 11.8 Å². The van der Waals surface area contributed by atoms with E-state index >= 15 is 0 Å². The molecule has 0 saturated heterocycles. The van der Waals surface area contributed by atoms with Gasteiger partial charge in [-0.2, -0.15) is 0 Å². The Labute approximate surface area is 167 Å². The number of aryl methyl sites for hydroxylation is 2. The van der Waals surface area contributed by atoms with Gasteiger partial charge in [0.1, 0.15) is 11.5 Å². The van der Waals surface area contributed by atoms with Crippen molar-refractivity contribution in [2.45, 2.75) is 18.6 Å². The number of amides is 2. The molecule has 0 fully saturated rings. The van der Waals surface area contributed by atoms with Gasteiger partial charge in [-0.1, -0.05) is 11.8 Å². The Kier molecular flexibility index (Phi) is 6.20. The summed E-state index contributed by atoms with van der Waals surface area (Å²) in [6.45, 7) is 2.27. The molecular formula is C20H22N4O3S. The van der Waals surface area contributed by atoms with E-state index < -0.39 is 0 Å². The highest BCUT2D eigenvalue weighted by Crippen LogP contribution is 2.17. The molecule has 7 nitrogen and oxygen atoms in total. The molecule has 28 heavy (non-hydrogen) atoms. The predicted molar refractivity (Wildman–Crippen MR) is 108 cm³/mol. The van der Waals surface area contributed by atoms with Crippen LogP contribution in [0.1, 0.15) is 21.9 Å². The van der Waals surface area contributed by atoms with Gasteiger partial charge in [0.25, 0.3) is 5.91 Å². The molecule has 1 aromatic carbocycles. The third kappa shape index (κ3) is 5.04. The zero-order valence-electron chi connectivity index (χ0n) is 16.0. The Morgan fingerprint density at radius 1 is 1.21 bits per heavy atom. The van der Waals surface area contributed by atoms with Crippen LogP contribution in [0.25, 0.3) is 0 Å². The van der Waals surface area contributed by atoms with Gasteiger partial charge in [0.05, 0.1) is 12.3 Å². The molecule has 1 N–H and O–H groups in total. The topological polar surface area (TPSA) is 80.4 Å². The zero-order valence-corrected chi connectivity index (χ0v) is 16.8. The predicted octanol–water partition coefficient (Wildman–Crippen LogP) is 3.32. The fourth-order valence-corrected chi connectivity index (χ4v) is 3.34. The number of imidazole rings is 1. The molecule has 0 unspecified atom stereocenters. The number of thioether (sulfide) groups is 1. The molecule has 0 aliphatic rings. The lowest BCUT2D eigenvalue weighted by atomic mass is 10.2. The third-order valence-corrected chi connectivity index (χ3v) is 5.12. The van der Waals surface area contributed by atoms with Gasteiger partial charge in [-0.3, -0.25) is 9.59 Å². The summed E-state index contributed by atoms with van der Waals surface area (Å²) in [6.07, 6.45) is 3.53. The molecule has 0 aliphatic carbocycles. The first-order chi connectivity index (χ1) is 13.4. The molecule has 0 saturated carbocycles. The van der Waals surface area contributed by atoms with Crippen LogP contribution in [0, 0.1) is 6.92 Å². The number of furan rings is 1.